The highest BCUT2D eigenvalue weighted by Gasteiger charge is 2.23. The number of hydrogen-bond acceptors (Lipinski definition) is 4. The maximum atomic E-state index is 12.9. The summed E-state index contributed by atoms with van der Waals surface area (Å²) in [4.78, 5) is 4.84. The van der Waals surface area contributed by atoms with Crippen LogP contribution in [0.3, 0.4) is 0 Å². The summed E-state index contributed by atoms with van der Waals surface area (Å²) in [6.07, 6.45) is 1.93. The van der Waals surface area contributed by atoms with Gasteiger partial charge in [-0.3, -0.25) is 0 Å². The van der Waals surface area contributed by atoms with Gasteiger partial charge in [-0.2, -0.15) is 0 Å². The van der Waals surface area contributed by atoms with Crippen LogP contribution >= 0.6 is 11.8 Å². The van der Waals surface area contributed by atoms with Crippen LogP contribution in [0.4, 0.5) is 0 Å². The Morgan fingerprint density at radius 1 is 1.28 bits per heavy atom. The van der Waals surface area contributed by atoms with E-state index in [2.05, 4.69) is 41.1 Å². The lowest BCUT2D eigenvalue weighted by atomic mass is 9.85. The summed E-state index contributed by atoms with van der Waals surface area (Å²) in [5.74, 6) is 1.03. The normalized spacial score (nSPS) is 14.8. The Balaban J connectivity index is 1.87. The minimum absolute atomic E-state index is 0.107. The number of aryl methyl sites for hydroxylation is 2. The predicted octanol–water partition coefficient (Wildman–Crippen LogP) is 3.38. The third-order valence-electron chi connectivity index (χ3n) is 4.57. The lowest BCUT2D eigenvalue weighted by Crippen LogP contribution is -2.25. The molecule has 136 valence electrons. The number of thioether (sulfide) groups is 1. The molecule has 7 heteroatoms. The standard InChI is InChI=1S/C18H25N3O2S2/c1-12-8-14(18(3,4)5)9-16(13(12)2)25(22,23)19-10-15-11-21-6-7-24-17(21)20-15/h8-9,11,19H,6-7,10H2,1-5H3. The number of rotatable bonds is 4. The van der Waals surface area contributed by atoms with Crippen LogP contribution in [0.2, 0.25) is 0 Å². The van der Waals surface area contributed by atoms with Gasteiger partial charge in [0.25, 0.3) is 0 Å². The minimum Gasteiger partial charge on any atom is -0.325 e. The highest BCUT2D eigenvalue weighted by Crippen LogP contribution is 2.29. The SMILES string of the molecule is Cc1cc(C(C)(C)C)cc(S(=O)(=O)NCc2cn3c(n2)SCC3)c1C. The Morgan fingerprint density at radius 3 is 2.64 bits per heavy atom. The second-order valence-electron chi connectivity index (χ2n) is 7.55. The molecule has 1 aliphatic heterocycles. The number of sulfonamides is 1. The van der Waals surface area contributed by atoms with E-state index in [1.54, 1.807) is 17.8 Å². The molecular formula is C18H25N3O2S2. The van der Waals surface area contributed by atoms with Gasteiger partial charge in [-0.25, -0.2) is 18.1 Å². The lowest BCUT2D eigenvalue weighted by molar-refractivity contribution is 0.574. The van der Waals surface area contributed by atoms with Crippen molar-refractivity contribution in [2.24, 2.45) is 0 Å². The van der Waals surface area contributed by atoms with Gasteiger partial charge in [0.2, 0.25) is 10.0 Å². The molecule has 0 saturated heterocycles. The molecule has 3 rings (SSSR count). The Morgan fingerprint density at radius 2 is 2.00 bits per heavy atom. The molecule has 0 spiro atoms. The third kappa shape index (κ3) is 3.78. The van der Waals surface area contributed by atoms with Crippen molar-refractivity contribution >= 4 is 21.8 Å². The molecule has 1 N–H and O–H groups in total. The number of hydrogen-bond donors (Lipinski definition) is 1. The fourth-order valence-electron chi connectivity index (χ4n) is 2.83. The van der Waals surface area contributed by atoms with Gasteiger partial charge in [0.1, 0.15) is 0 Å². The molecule has 0 atom stereocenters. The van der Waals surface area contributed by atoms with E-state index in [1.807, 2.05) is 20.0 Å². The van der Waals surface area contributed by atoms with Crippen molar-refractivity contribution in [3.8, 4) is 0 Å². The van der Waals surface area contributed by atoms with Crippen LogP contribution in [0.1, 0.15) is 43.2 Å². The minimum atomic E-state index is -3.59. The fraction of sp³-hybridized carbons (Fsp3) is 0.500. The molecule has 0 aliphatic carbocycles. The number of fused-ring (bicyclic) bond motifs is 1. The van der Waals surface area contributed by atoms with Crippen LogP contribution in [0, 0.1) is 13.8 Å². The molecule has 0 amide bonds. The van der Waals surface area contributed by atoms with E-state index in [0.29, 0.717) is 4.90 Å². The average Bonchev–Trinajstić information content (AvgIpc) is 3.07. The zero-order valence-corrected chi connectivity index (χ0v) is 17.0. The second kappa shape index (κ2) is 6.45. The quantitative estimate of drug-likeness (QED) is 0.884. The highest BCUT2D eigenvalue weighted by molar-refractivity contribution is 7.99. The summed E-state index contributed by atoms with van der Waals surface area (Å²) in [5.41, 5.74) is 3.46. The molecule has 1 aromatic carbocycles. The molecular weight excluding hydrogens is 354 g/mol. The molecule has 0 radical (unpaired) electrons. The Bertz CT molecular complexity index is 888. The molecule has 0 unspecified atom stereocenters. The summed E-state index contributed by atoms with van der Waals surface area (Å²) in [6, 6.07) is 3.87. The van der Waals surface area contributed by atoms with Crippen LogP contribution in [-0.2, 0) is 28.5 Å². The second-order valence-corrected chi connectivity index (χ2v) is 10.3. The molecule has 2 aromatic rings. The van der Waals surface area contributed by atoms with Crippen LogP contribution in [0.5, 0.6) is 0 Å². The molecule has 5 nitrogen and oxygen atoms in total. The number of imidazole rings is 1. The van der Waals surface area contributed by atoms with Gasteiger partial charge in [-0.15, -0.1) is 0 Å². The molecule has 0 bridgehead atoms. The Hall–Kier alpha value is -1.31. The fourth-order valence-corrected chi connectivity index (χ4v) is 5.13. The van der Waals surface area contributed by atoms with Crippen molar-refractivity contribution in [3.05, 3.63) is 40.7 Å². The number of aromatic nitrogens is 2. The summed E-state index contributed by atoms with van der Waals surface area (Å²) < 4.78 is 30.6. The molecule has 2 heterocycles. The van der Waals surface area contributed by atoms with Gasteiger partial charge >= 0.3 is 0 Å². The first-order chi connectivity index (χ1) is 11.6. The third-order valence-corrected chi connectivity index (χ3v) is 7.07. The molecule has 0 fully saturated rings. The van der Waals surface area contributed by atoms with E-state index >= 15 is 0 Å². The van der Waals surface area contributed by atoms with Gasteiger partial charge < -0.3 is 4.57 Å². The maximum Gasteiger partial charge on any atom is 0.241 e. The number of nitrogens with one attached hydrogen (secondary N) is 1. The number of nitrogens with zero attached hydrogens (tertiary/aromatic N) is 2. The van der Waals surface area contributed by atoms with Gasteiger partial charge in [0.05, 0.1) is 17.1 Å². The van der Waals surface area contributed by atoms with E-state index in [1.165, 1.54) is 0 Å². The van der Waals surface area contributed by atoms with Gasteiger partial charge in [0.15, 0.2) is 5.16 Å². The van der Waals surface area contributed by atoms with Crippen molar-refractivity contribution in [3.63, 3.8) is 0 Å². The summed E-state index contributed by atoms with van der Waals surface area (Å²) in [7, 11) is -3.59. The van der Waals surface area contributed by atoms with E-state index in [9.17, 15) is 8.42 Å². The largest absolute Gasteiger partial charge is 0.325 e. The van der Waals surface area contributed by atoms with Crippen LogP contribution < -0.4 is 4.72 Å². The summed E-state index contributed by atoms with van der Waals surface area (Å²) >= 11 is 1.70. The first-order valence-corrected chi connectivity index (χ1v) is 10.8. The molecule has 0 saturated carbocycles. The Kier molecular flexibility index (Phi) is 4.77. The molecule has 1 aliphatic rings. The zero-order valence-electron chi connectivity index (χ0n) is 15.4. The van der Waals surface area contributed by atoms with E-state index in [-0.39, 0.29) is 12.0 Å². The Labute approximate surface area is 154 Å². The van der Waals surface area contributed by atoms with Crippen molar-refractivity contribution in [1.82, 2.24) is 14.3 Å². The van der Waals surface area contributed by atoms with Gasteiger partial charge in [-0.1, -0.05) is 38.6 Å². The van der Waals surface area contributed by atoms with Crippen molar-refractivity contribution < 1.29 is 8.42 Å². The van der Waals surface area contributed by atoms with Gasteiger partial charge in [-0.05, 0) is 42.0 Å². The number of benzene rings is 1. The first-order valence-electron chi connectivity index (χ1n) is 8.38. The topological polar surface area (TPSA) is 64.0 Å². The summed E-state index contributed by atoms with van der Waals surface area (Å²) in [5, 5.41) is 0.968. The van der Waals surface area contributed by atoms with E-state index < -0.39 is 10.0 Å². The molecule has 25 heavy (non-hydrogen) atoms. The smallest absolute Gasteiger partial charge is 0.241 e. The van der Waals surface area contributed by atoms with Crippen molar-refractivity contribution in [2.45, 2.75) is 63.2 Å². The van der Waals surface area contributed by atoms with Crippen molar-refractivity contribution in [1.29, 1.82) is 0 Å². The highest BCUT2D eigenvalue weighted by atomic mass is 32.2. The van der Waals surface area contributed by atoms with Gasteiger partial charge in [0, 0.05) is 18.5 Å². The maximum absolute atomic E-state index is 12.9. The monoisotopic (exact) mass is 379 g/mol. The lowest BCUT2D eigenvalue weighted by Gasteiger charge is -2.22. The van der Waals surface area contributed by atoms with Crippen molar-refractivity contribution in [2.75, 3.05) is 5.75 Å². The molecule has 1 aromatic heterocycles. The van der Waals surface area contributed by atoms with Crippen LogP contribution in [-0.4, -0.2) is 23.7 Å². The average molecular weight is 380 g/mol. The van der Waals surface area contributed by atoms with Crippen LogP contribution in [0.15, 0.2) is 28.4 Å². The zero-order chi connectivity index (χ0) is 18.4. The predicted molar refractivity (Wildman–Crippen MR) is 102 cm³/mol. The van der Waals surface area contributed by atoms with E-state index in [0.717, 1.165) is 39.8 Å². The summed E-state index contributed by atoms with van der Waals surface area (Å²) in [6.45, 7) is 11.2. The first kappa shape index (κ1) is 18.5. The van der Waals surface area contributed by atoms with E-state index in [4.69, 9.17) is 0 Å². The van der Waals surface area contributed by atoms with Crippen LogP contribution in [0.25, 0.3) is 0 Å².